The van der Waals surface area contributed by atoms with E-state index in [1.807, 2.05) is 7.05 Å². The molecule has 2 rings (SSSR count). The predicted molar refractivity (Wildman–Crippen MR) is 61.5 cm³/mol. The molecule has 1 fully saturated rings. The molecule has 1 aliphatic rings. The third kappa shape index (κ3) is 2.41. The van der Waals surface area contributed by atoms with E-state index >= 15 is 0 Å². The van der Waals surface area contributed by atoms with Gasteiger partial charge in [0.25, 0.3) is 0 Å². The summed E-state index contributed by atoms with van der Waals surface area (Å²) in [5.74, 6) is -1.39. The van der Waals surface area contributed by atoms with Crippen molar-refractivity contribution in [2.45, 2.75) is 0 Å². The van der Waals surface area contributed by atoms with Gasteiger partial charge in [-0.1, -0.05) is 0 Å². The number of hydrogen-bond donors (Lipinski definition) is 0. The van der Waals surface area contributed by atoms with Crippen LogP contribution in [0.25, 0.3) is 0 Å². The van der Waals surface area contributed by atoms with Crippen molar-refractivity contribution in [3.63, 3.8) is 0 Å². The van der Waals surface area contributed by atoms with Crippen LogP contribution in [0.4, 0.5) is 20.2 Å². The number of hydrogen-bond acceptors (Lipinski definition) is 4. The molecular weight excluding hydrogens is 228 g/mol. The van der Waals surface area contributed by atoms with Crippen LogP contribution in [0.2, 0.25) is 0 Å². The molecule has 1 saturated heterocycles. The number of anilines is 1. The Morgan fingerprint density at radius 1 is 1.12 bits per heavy atom. The summed E-state index contributed by atoms with van der Waals surface area (Å²) in [4.78, 5) is 14.1. The second kappa shape index (κ2) is 4.75. The molecule has 0 radical (unpaired) electrons. The van der Waals surface area contributed by atoms with Crippen molar-refractivity contribution in [1.29, 1.82) is 0 Å². The predicted octanol–water partition coefficient (Wildman–Crippen LogP) is 2.11. The van der Waals surface area contributed by atoms with Crippen LogP contribution in [-0.4, -0.2) is 38.1 Å². The van der Waals surface area contributed by atoms with Crippen molar-refractivity contribution in [1.82, 2.24) is 4.90 Å². The Morgan fingerprint density at radius 3 is 2.35 bits per heavy atom. The lowest BCUT2D eigenvalue weighted by Gasteiger charge is -2.34. The lowest BCUT2D eigenvalue weighted by molar-refractivity contribution is 0.311. The number of rotatable bonds is 2. The molecule has 0 aliphatic carbocycles. The van der Waals surface area contributed by atoms with E-state index < -0.39 is 17.3 Å². The molecule has 1 aliphatic heterocycles. The summed E-state index contributed by atoms with van der Waals surface area (Å²) in [7, 11) is 1.98. The average molecular weight is 241 g/mol. The quantitative estimate of drug-likeness (QED) is 0.744. The molecule has 92 valence electrons. The molecule has 0 amide bonds. The molecule has 4 nitrogen and oxygen atoms in total. The lowest BCUT2D eigenvalue weighted by Crippen LogP contribution is -2.44. The van der Waals surface area contributed by atoms with Crippen molar-refractivity contribution >= 4 is 11.4 Å². The minimum atomic E-state index is -0.782. The van der Waals surface area contributed by atoms with Gasteiger partial charge in [-0.25, -0.2) is 8.78 Å². The van der Waals surface area contributed by atoms with E-state index in [4.69, 9.17) is 0 Å². The van der Waals surface area contributed by atoms with Crippen LogP contribution in [0.15, 0.2) is 17.3 Å². The Balaban J connectivity index is 2.26. The average Bonchev–Trinajstić information content (AvgIpc) is 2.33. The summed E-state index contributed by atoms with van der Waals surface area (Å²) in [5.41, 5.74) is -0.289. The SMILES string of the molecule is CN1CCN(c2cc(F)c(N=O)cc2F)CC1. The second-order valence-electron chi connectivity index (χ2n) is 4.14. The van der Waals surface area contributed by atoms with Gasteiger partial charge in [0, 0.05) is 38.3 Å². The first kappa shape index (κ1) is 11.9. The Hall–Kier alpha value is -1.56. The first-order chi connectivity index (χ1) is 8.11. The standard InChI is InChI=1S/C11H13F2N3O/c1-15-2-4-16(5-3-15)11-7-8(12)10(14-17)6-9(11)13/h6-7H,2-5H2,1H3. The van der Waals surface area contributed by atoms with Crippen molar-refractivity contribution in [3.05, 3.63) is 28.7 Å². The smallest absolute Gasteiger partial charge is 0.154 e. The van der Waals surface area contributed by atoms with Crippen LogP contribution < -0.4 is 4.90 Å². The van der Waals surface area contributed by atoms with Gasteiger partial charge in [0.05, 0.1) is 5.69 Å². The van der Waals surface area contributed by atoms with Crippen LogP contribution in [-0.2, 0) is 0 Å². The van der Waals surface area contributed by atoms with Crippen molar-refractivity contribution in [2.24, 2.45) is 5.18 Å². The van der Waals surface area contributed by atoms with Crippen LogP contribution in [0, 0.1) is 16.5 Å². The minimum Gasteiger partial charge on any atom is -0.367 e. The molecule has 0 unspecified atom stereocenters. The van der Waals surface area contributed by atoms with E-state index in [9.17, 15) is 13.7 Å². The van der Waals surface area contributed by atoms with E-state index in [1.165, 1.54) is 0 Å². The third-order valence-corrected chi connectivity index (χ3v) is 2.96. The zero-order valence-electron chi connectivity index (χ0n) is 9.49. The molecule has 1 aromatic carbocycles. The Labute approximate surface area is 97.8 Å². The fourth-order valence-electron chi connectivity index (χ4n) is 1.89. The van der Waals surface area contributed by atoms with Gasteiger partial charge in [-0.15, -0.1) is 4.91 Å². The van der Waals surface area contributed by atoms with Gasteiger partial charge in [-0.2, -0.15) is 0 Å². The first-order valence-corrected chi connectivity index (χ1v) is 5.37. The molecule has 1 aromatic rings. The van der Waals surface area contributed by atoms with E-state index in [2.05, 4.69) is 10.1 Å². The fourth-order valence-corrected chi connectivity index (χ4v) is 1.89. The summed E-state index contributed by atoms with van der Waals surface area (Å²) in [6.45, 7) is 2.88. The van der Waals surface area contributed by atoms with E-state index in [1.54, 1.807) is 4.90 Å². The van der Waals surface area contributed by atoms with Crippen molar-refractivity contribution < 1.29 is 8.78 Å². The van der Waals surface area contributed by atoms with E-state index in [-0.39, 0.29) is 5.69 Å². The topological polar surface area (TPSA) is 35.9 Å². The molecule has 17 heavy (non-hydrogen) atoms. The highest BCUT2D eigenvalue weighted by Crippen LogP contribution is 2.28. The minimum absolute atomic E-state index is 0.197. The largest absolute Gasteiger partial charge is 0.367 e. The highest BCUT2D eigenvalue weighted by atomic mass is 19.1. The Bertz CT molecular complexity index is 431. The van der Waals surface area contributed by atoms with Crippen LogP contribution >= 0.6 is 0 Å². The summed E-state index contributed by atoms with van der Waals surface area (Å²) < 4.78 is 27.0. The molecule has 0 aromatic heterocycles. The van der Waals surface area contributed by atoms with Crippen LogP contribution in [0.1, 0.15) is 0 Å². The number of likely N-dealkylation sites (N-methyl/N-ethyl adjacent to an activating group) is 1. The fraction of sp³-hybridized carbons (Fsp3) is 0.455. The van der Waals surface area contributed by atoms with Gasteiger partial charge in [0.15, 0.2) is 5.82 Å². The Kier molecular flexibility index (Phi) is 3.33. The van der Waals surface area contributed by atoms with E-state index in [0.29, 0.717) is 13.1 Å². The highest BCUT2D eigenvalue weighted by molar-refractivity contribution is 5.55. The molecule has 0 spiro atoms. The van der Waals surface area contributed by atoms with Crippen molar-refractivity contribution in [3.8, 4) is 0 Å². The van der Waals surface area contributed by atoms with Crippen molar-refractivity contribution in [2.75, 3.05) is 38.1 Å². The highest BCUT2D eigenvalue weighted by Gasteiger charge is 2.19. The number of piperazine rings is 1. The number of benzene rings is 1. The van der Waals surface area contributed by atoms with Gasteiger partial charge in [0.2, 0.25) is 0 Å². The zero-order chi connectivity index (χ0) is 12.4. The molecule has 6 heteroatoms. The number of nitroso groups, excluding NO2 is 1. The van der Waals surface area contributed by atoms with Gasteiger partial charge >= 0.3 is 0 Å². The van der Waals surface area contributed by atoms with Crippen LogP contribution in [0.3, 0.4) is 0 Å². The molecule has 0 saturated carbocycles. The molecule has 0 N–H and O–H groups in total. The molecular formula is C11H13F2N3O. The zero-order valence-corrected chi connectivity index (χ0v) is 9.49. The second-order valence-corrected chi connectivity index (χ2v) is 4.14. The maximum absolute atomic E-state index is 13.7. The first-order valence-electron chi connectivity index (χ1n) is 5.37. The summed E-state index contributed by atoms with van der Waals surface area (Å²) in [5, 5.41) is 2.44. The third-order valence-electron chi connectivity index (χ3n) is 2.96. The monoisotopic (exact) mass is 241 g/mol. The van der Waals surface area contributed by atoms with Gasteiger partial charge in [-0.3, -0.25) is 0 Å². The molecule has 0 atom stereocenters. The Morgan fingerprint density at radius 2 is 1.76 bits per heavy atom. The maximum atomic E-state index is 13.7. The molecule has 0 bridgehead atoms. The number of halogens is 2. The lowest BCUT2D eigenvalue weighted by atomic mass is 10.2. The van der Waals surface area contributed by atoms with Gasteiger partial charge < -0.3 is 9.80 Å². The summed E-state index contributed by atoms with van der Waals surface area (Å²) in [6, 6.07) is 1.88. The summed E-state index contributed by atoms with van der Waals surface area (Å²) in [6.07, 6.45) is 0. The molecule has 1 heterocycles. The maximum Gasteiger partial charge on any atom is 0.154 e. The van der Waals surface area contributed by atoms with Gasteiger partial charge in [-0.05, 0) is 12.2 Å². The summed E-state index contributed by atoms with van der Waals surface area (Å²) >= 11 is 0. The van der Waals surface area contributed by atoms with Crippen LogP contribution in [0.5, 0.6) is 0 Å². The normalized spacial score (nSPS) is 17.2. The number of nitrogens with zero attached hydrogens (tertiary/aromatic N) is 3. The van der Waals surface area contributed by atoms with Gasteiger partial charge in [0.1, 0.15) is 11.5 Å². The van der Waals surface area contributed by atoms with E-state index in [0.717, 1.165) is 25.2 Å².